The molecule has 1 unspecified atom stereocenters. The van der Waals surface area contributed by atoms with Crippen molar-refractivity contribution in [2.24, 2.45) is 14.1 Å². The average molecular weight is 506 g/mol. The van der Waals surface area contributed by atoms with E-state index < -0.39 is 5.60 Å². The first kappa shape index (κ1) is 23.2. The fourth-order valence-electron chi connectivity index (χ4n) is 5.16. The Morgan fingerprint density at radius 1 is 0.838 bits per heavy atom. The second kappa shape index (κ2) is 8.73. The van der Waals surface area contributed by atoms with E-state index in [1.165, 1.54) is 0 Å². The molecule has 1 atom stereocenters. The topological polar surface area (TPSA) is 60.0 Å². The molecule has 182 valence electrons. The zero-order valence-electron chi connectivity index (χ0n) is 20.4. The Bertz CT molecular complexity index is 1870. The van der Waals surface area contributed by atoms with Gasteiger partial charge in [-0.1, -0.05) is 66.2 Å². The molecule has 4 aromatic carbocycles. The van der Waals surface area contributed by atoms with Gasteiger partial charge in [-0.3, -0.25) is 4.79 Å². The number of imidazole rings is 1. The molecular weight excluding hydrogens is 482 g/mol. The molecule has 2 heterocycles. The summed E-state index contributed by atoms with van der Waals surface area (Å²) < 4.78 is 3.45. The molecule has 1 N–H and O–H groups in total. The molecule has 5 nitrogen and oxygen atoms in total. The largest absolute Gasteiger partial charge is 0.374 e. The lowest BCUT2D eigenvalue weighted by atomic mass is 9.81. The van der Waals surface area contributed by atoms with E-state index in [0.29, 0.717) is 16.3 Å². The number of fused-ring (bicyclic) bond motifs is 2. The van der Waals surface area contributed by atoms with Crippen LogP contribution in [0, 0.1) is 0 Å². The molecule has 0 bridgehead atoms. The van der Waals surface area contributed by atoms with Crippen LogP contribution in [0.1, 0.15) is 16.8 Å². The molecule has 0 aliphatic heterocycles. The summed E-state index contributed by atoms with van der Waals surface area (Å²) in [7, 11) is 3.62. The number of hydrogen-bond acceptors (Lipinski definition) is 3. The highest BCUT2D eigenvalue weighted by molar-refractivity contribution is 6.30. The smallest absolute Gasteiger partial charge is 0.251 e. The zero-order chi connectivity index (χ0) is 25.7. The van der Waals surface area contributed by atoms with Gasteiger partial charge in [-0.05, 0) is 63.4 Å². The number of benzene rings is 4. The van der Waals surface area contributed by atoms with Crippen LogP contribution in [0.25, 0.3) is 32.8 Å². The number of halogens is 1. The van der Waals surface area contributed by atoms with Crippen LogP contribution in [-0.4, -0.2) is 19.2 Å². The summed E-state index contributed by atoms with van der Waals surface area (Å²) in [5.41, 5.74) is 2.77. The highest BCUT2D eigenvalue weighted by Crippen LogP contribution is 2.40. The first-order chi connectivity index (χ1) is 17.9. The maximum Gasteiger partial charge on any atom is 0.251 e. The Morgan fingerprint density at radius 2 is 1.59 bits per heavy atom. The van der Waals surface area contributed by atoms with Gasteiger partial charge in [-0.25, -0.2) is 4.98 Å². The minimum absolute atomic E-state index is 0.119. The van der Waals surface area contributed by atoms with E-state index in [9.17, 15) is 9.90 Å². The Hall–Kier alpha value is -4.19. The van der Waals surface area contributed by atoms with E-state index in [0.717, 1.165) is 38.4 Å². The molecule has 0 amide bonds. The number of aryl methyl sites for hydroxylation is 2. The fraction of sp³-hybridized carbons (Fsp3) is 0.0968. The summed E-state index contributed by atoms with van der Waals surface area (Å²) in [6.07, 6.45) is 3.38. The van der Waals surface area contributed by atoms with Crippen LogP contribution in [0.4, 0.5) is 0 Å². The standard InChI is InChI=1S/C31H24ClN3O2/c1-34-19-33-18-29(34)31(37,23-11-10-20-6-3-4-7-21(20)14-23)24-12-13-28-27(16-24)26(17-30(36)35(28)2)22-8-5-9-25(32)15-22/h3-19,37H,1-2H3. The SMILES string of the molecule is Cn1cncc1C(O)(c1ccc2ccccc2c1)c1ccc2c(c1)c(-c1cccc(Cl)c1)cc(=O)n2C. The summed E-state index contributed by atoms with van der Waals surface area (Å²) in [5.74, 6) is 0. The molecule has 2 aromatic heterocycles. The van der Waals surface area contributed by atoms with Gasteiger partial charge < -0.3 is 14.2 Å². The van der Waals surface area contributed by atoms with Crippen molar-refractivity contribution in [2.75, 3.05) is 0 Å². The van der Waals surface area contributed by atoms with Crippen molar-refractivity contribution in [1.29, 1.82) is 0 Å². The lowest BCUT2D eigenvalue weighted by Crippen LogP contribution is -2.31. The maximum atomic E-state index is 12.8. The van der Waals surface area contributed by atoms with E-state index in [4.69, 9.17) is 11.6 Å². The third-order valence-corrected chi connectivity index (χ3v) is 7.39. The van der Waals surface area contributed by atoms with Gasteiger partial charge in [-0.2, -0.15) is 0 Å². The molecule has 0 aliphatic carbocycles. The molecule has 0 saturated carbocycles. The van der Waals surface area contributed by atoms with Crippen molar-refractivity contribution < 1.29 is 5.11 Å². The number of aliphatic hydroxyl groups is 1. The van der Waals surface area contributed by atoms with Gasteiger partial charge in [0.1, 0.15) is 0 Å². The van der Waals surface area contributed by atoms with E-state index in [2.05, 4.69) is 11.1 Å². The van der Waals surface area contributed by atoms with Crippen molar-refractivity contribution in [3.8, 4) is 11.1 Å². The van der Waals surface area contributed by atoms with Gasteiger partial charge >= 0.3 is 0 Å². The molecule has 0 spiro atoms. The van der Waals surface area contributed by atoms with Crippen LogP contribution in [0.15, 0.2) is 108 Å². The molecule has 0 fully saturated rings. The Labute approximate surface area is 218 Å². The number of aromatic nitrogens is 3. The molecule has 6 aromatic rings. The molecule has 0 aliphatic rings. The lowest BCUT2D eigenvalue weighted by molar-refractivity contribution is 0.118. The summed E-state index contributed by atoms with van der Waals surface area (Å²) in [4.78, 5) is 17.1. The predicted molar refractivity (Wildman–Crippen MR) is 149 cm³/mol. The van der Waals surface area contributed by atoms with Gasteiger partial charge in [-0.15, -0.1) is 0 Å². The van der Waals surface area contributed by atoms with Crippen molar-refractivity contribution in [2.45, 2.75) is 5.60 Å². The predicted octanol–water partition coefficient (Wildman–Crippen LogP) is 6.03. The highest BCUT2D eigenvalue weighted by Gasteiger charge is 2.37. The summed E-state index contributed by atoms with van der Waals surface area (Å²) in [6, 6.07) is 28.9. The van der Waals surface area contributed by atoms with Crippen molar-refractivity contribution in [3.05, 3.63) is 136 Å². The summed E-state index contributed by atoms with van der Waals surface area (Å²) in [5, 5.41) is 16.1. The van der Waals surface area contributed by atoms with Crippen molar-refractivity contribution >= 4 is 33.3 Å². The van der Waals surface area contributed by atoms with E-state index in [1.807, 2.05) is 84.4 Å². The van der Waals surface area contributed by atoms with Crippen LogP contribution in [0.2, 0.25) is 5.02 Å². The second-order valence-corrected chi connectivity index (χ2v) is 9.80. The van der Waals surface area contributed by atoms with Crippen LogP contribution >= 0.6 is 11.6 Å². The molecule has 37 heavy (non-hydrogen) atoms. The van der Waals surface area contributed by atoms with Gasteiger partial charge in [0, 0.05) is 30.6 Å². The van der Waals surface area contributed by atoms with Crippen molar-refractivity contribution in [3.63, 3.8) is 0 Å². The Kier molecular flexibility index (Phi) is 5.48. The van der Waals surface area contributed by atoms with E-state index >= 15 is 0 Å². The van der Waals surface area contributed by atoms with E-state index in [1.54, 1.807) is 36.3 Å². The highest BCUT2D eigenvalue weighted by atomic mass is 35.5. The molecule has 6 rings (SSSR count). The van der Waals surface area contributed by atoms with Crippen LogP contribution in [-0.2, 0) is 19.7 Å². The summed E-state index contributed by atoms with van der Waals surface area (Å²) in [6.45, 7) is 0. The van der Waals surface area contributed by atoms with Gasteiger partial charge in [0.25, 0.3) is 5.56 Å². The monoisotopic (exact) mass is 505 g/mol. The minimum Gasteiger partial charge on any atom is -0.374 e. The van der Waals surface area contributed by atoms with Crippen LogP contribution in [0.3, 0.4) is 0 Å². The van der Waals surface area contributed by atoms with Gasteiger partial charge in [0.05, 0.1) is 23.7 Å². The number of rotatable bonds is 4. The third-order valence-electron chi connectivity index (χ3n) is 7.15. The average Bonchev–Trinajstić information content (AvgIpc) is 3.36. The summed E-state index contributed by atoms with van der Waals surface area (Å²) >= 11 is 6.30. The zero-order valence-corrected chi connectivity index (χ0v) is 21.1. The molecular formula is C31H24ClN3O2. The molecule has 6 heteroatoms. The van der Waals surface area contributed by atoms with E-state index in [-0.39, 0.29) is 5.56 Å². The number of hydrogen-bond donors (Lipinski definition) is 1. The third kappa shape index (κ3) is 3.75. The molecule has 0 radical (unpaired) electrons. The quantitative estimate of drug-likeness (QED) is 0.318. The fourth-order valence-corrected chi connectivity index (χ4v) is 5.35. The molecule has 0 saturated heterocycles. The normalized spacial score (nSPS) is 13.2. The van der Waals surface area contributed by atoms with Crippen LogP contribution in [0.5, 0.6) is 0 Å². The minimum atomic E-state index is -1.50. The van der Waals surface area contributed by atoms with Gasteiger partial charge in [0.15, 0.2) is 5.60 Å². The van der Waals surface area contributed by atoms with Crippen molar-refractivity contribution in [1.82, 2.24) is 14.1 Å². The number of nitrogens with zero attached hydrogens (tertiary/aromatic N) is 3. The van der Waals surface area contributed by atoms with Gasteiger partial charge in [0.2, 0.25) is 0 Å². The second-order valence-electron chi connectivity index (χ2n) is 9.36. The Balaban J connectivity index is 1.67. The lowest BCUT2D eigenvalue weighted by Gasteiger charge is -2.30. The number of pyridine rings is 1. The first-order valence-electron chi connectivity index (χ1n) is 11.9. The Morgan fingerprint density at radius 3 is 2.35 bits per heavy atom. The maximum absolute atomic E-state index is 12.8. The first-order valence-corrected chi connectivity index (χ1v) is 12.3. The van der Waals surface area contributed by atoms with Crippen LogP contribution < -0.4 is 5.56 Å².